The van der Waals surface area contributed by atoms with Gasteiger partial charge in [-0.3, -0.25) is 9.29 Å². The maximum absolute atomic E-state index is 14.1. The molecule has 0 aliphatic carbocycles. The fraction of sp³-hybridized carbons (Fsp3) is 0.278. The molecule has 0 unspecified atom stereocenters. The van der Waals surface area contributed by atoms with Crippen LogP contribution >= 0.6 is 11.3 Å². The highest BCUT2D eigenvalue weighted by Gasteiger charge is 2.21. The van der Waals surface area contributed by atoms with E-state index in [0.717, 1.165) is 65.2 Å². The van der Waals surface area contributed by atoms with E-state index >= 15 is 0 Å². The minimum Gasteiger partial charge on any atom is -0.295 e. The monoisotopic (exact) mass is 553 g/mol. The largest absolute Gasteiger partial charge is 0.295 e. The summed E-state index contributed by atoms with van der Waals surface area (Å²) in [6.07, 6.45) is 4.57. The van der Waals surface area contributed by atoms with Gasteiger partial charge in [-0.15, -0.1) is 11.3 Å². The number of allylic oxidation sites excluding steroid dienone is 1. The van der Waals surface area contributed by atoms with Gasteiger partial charge in [0.15, 0.2) is 0 Å². The van der Waals surface area contributed by atoms with Crippen LogP contribution in [0.5, 0.6) is 0 Å². The van der Waals surface area contributed by atoms with Crippen molar-refractivity contribution in [3.8, 4) is 0 Å². The number of nitrogens with zero attached hydrogens (tertiary/aromatic N) is 1. The van der Waals surface area contributed by atoms with Crippen molar-refractivity contribution >= 4 is 38.6 Å². The van der Waals surface area contributed by atoms with E-state index in [4.69, 9.17) is 0 Å². The summed E-state index contributed by atoms with van der Waals surface area (Å²) in [5.41, 5.74) is 11.2. The molecule has 206 valence electrons. The van der Waals surface area contributed by atoms with E-state index < -0.39 is 0 Å². The Morgan fingerprint density at radius 2 is 1.70 bits per heavy atom. The minimum absolute atomic E-state index is 0.213. The second kappa shape index (κ2) is 12.0. The molecule has 0 bridgehead atoms. The maximum atomic E-state index is 14.1. The van der Waals surface area contributed by atoms with Gasteiger partial charge in [0.25, 0.3) is 0 Å². The number of hydrogen-bond acceptors (Lipinski definition) is 2. The Morgan fingerprint density at radius 3 is 2.35 bits per heavy atom. The van der Waals surface area contributed by atoms with Gasteiger partial charge in [0.1, 0.15) is 5.82 Å². The van der Waals surface area contributed by atoms with Gasteiger partial charge in [0, 0.05) is 29.2 Å². The van der Waals surface area contributed by atoms with Crippen LogP contribution < -0.4 is 0 Å². The summed E-state index contributed by atoms with van der Waals surface area (Å²) in [4.78, 5) is 3.43. The maximum Gasteiger partial charge on any atom is 0.123 e. The lowest BCUT2D eigenvalue weighted by atomic mass is 9.91. The molecule has 0 spiro atoms. The van der Waals surface area contributed by atoms with Gasteiger partial charge in [-0.25, -0.2) is 4.39 Å². The van der Waals surface area contributed by atoms with E-state index in [-0.39, 0.29) is 12.5 Å². The molecule has 5 rings (SSSR count). The molecule has 0 atom stereocenters. The van der Waals surface area contributed by atoms with Crippen LogP contribution in [0.3, 0.4) is 0 Å². The van der Waals surface area contributed by atoms with Gasteiger partial charge in [-0.1, -0.05) is 62.6 Å². The van der Waals surface area contributed by atoms with E-state index in [1.807, 2.05) is 13.8 Å². The highest BCUT2D eigenvalue weighted by Crippen LogP contribution is 2.41. The zero-order valence-electron chi connectivity index (χ0n) is 23.7. The van der Waals surface area contributed by atoms with Crippen molar-refractivity contribution in [2.75, 3.05) is 26.3 Å². The van der Waals surface area contributed by atoms with Crippen LogP contribution in [-0.2, 0) is 6.42 Å². The van der Waals surface area contributed by atoms with Crippen molar-refractivity contribution in [1.82, 2.24) is 4.90 Å². The van der Waals surface area contributed by atoms with Crippen LogP contribution in [0, 0.1) is 19.7 Å². The van der Waals surface area contributed by atoms with Crippen LogP contribution in [0.2, 0.25) is 0 Å². The van der Waals surface area contributed by atoms with Crippen molar-refractivity contribution in [1.29, 1.82) is 0 Å². The first-order valence-corrected chi connectivity index (χ1v) is 14.9. The number of aryl methyl sites for hydroxylation is 2. The van der Waals surface area contributed by atoms with Gasteiger partial charge in [-0.2, -0.15) is 0 Å². The number of hydrogen-bond donors (Lipinski definition) is 0. The summed E-state index contributed by atoms with van der Waals surface area (Å²) in [5, 5.41) is 1.24. The van der Waals surface area contributed by atoms with Crippen molar-refractivity contribution in [3.63, 3.8) is 0 Å². The van der Waals surface area contributed by atoms with E-state index in [0.29, 0.717) is 6.42 Å². The normalized spacial score (nSPS) is 13.5. The summed E-state index contributed by atoms with van der Waals surface area (Å²) >= 11 is 1.77. The number of alkyl halides is 1. The zero-order chi connectivity index (χ0) is 28.4. The lowest BCUT2D eigenvalue weighted by molar-refractivity contribution is 0.239. The molecule has 4 heteroatoms. The Bertz CT molecular complexity index is 1580. The van der Waals surface area contributed by atoms with Gasteiger partial charge in [0.05, 0.1) is 6.67 Å². The highest BCUT2D eigenvalue weighted by atomic mass is 32.1. The van der Waals surface area contributed by atoms with E-state index in [1.54, 1.807) is 23.5 Å². The molecular formula is C36H37F2NS. The standard InChI is InChI=1S/C36H37F2NS/c1-6-23(2)30-12-13-32-33(19-28-10-8-27(9-11-28)18-29-21-39(22-29)15-7-14-37)36(40-34(32)20-30)26(5)35-24(3)16-31(38)17-25(35)4/h8-13,16-18,20H,2,5-7,14-15,19,21-22H2,1,3-4H3. The first-order chi connectivity index (χ1) is 19.3. The van der Waals surface area contributed by atoms with Crippen molar-refractivity contribution < 1.29 is 8.78 Å². The molecule has 0 radical (unpaired) electrons. The predicted octanol–water partition coefficient (Wildman–Crippen LogP) is 9.79. The van der Waals surface area contributed by atoms with Crippen molar-refractivity contribution in [2.24, 2.45) is 0 Å². The van der Waals surface area contributed by atoms with Crippen molar-refractivity contribution in [2.45, 2.75) is 40.0 Å². The van der Waals surface area contributed by atoms with Crippen LogP contribution in [0.1, 0.15) is 63.6 Å². The molecule has 1 saturated heterocycles. The molecule has 1 aliphatic rings. The summed E-state index contributed by atoms with van der Waals surface area (Å²) in [7, 11) is 0. The summed E-state index contributed by atoms with van der Waals surface area (Å²) < 4.78 is 27.8. The Hall–Kier alpha value is -3.34. The van der Waals surface area contributed by atoms with Crippen LogP contribution in [0.4, 0.5) is 8.78 Å². The first-order valence-electron chi connectivity index (χ1n) is 14.0. The van der Waals surface area contributed by atoms with Crippen LogP contribution in [0.15, 0.2) is 73.3 Å². The minimum atomic E-state index is -0.246. The summed E-state index contributed by atoms with van der Waals surface area (Å²) in [6, 6.07) is 18.6. The Labute approximate surface area is 241 Å². The third kappa shape index (κ3) is 5.89. The Kier molecular flexibility index (Phi) is 8.48. The fourth-order valence-electron chi connectivity index (χ4n) is 5.73. The molecule has 1 fully saturated rings. The van der Waals surface area contributed by atoms with Gasteiger partial charge in [-0.05, 0) is 112 Å². The topological polar surface area (TPSA) is 3.24 Å². The molecule has 0 N–H and O–H groups in total. The zero-order valence-corrected chi connectivity index (χ0v) is 24.6. The summed E-state index contributed by atoms with van der Waals surface area (Å²) in [5.74, 6) is -0.213. The second-order valence-electron chi connectivity index (χ2n) is 10.9. The van der Waals surface area contributed by atoms with Gasteiger partial charge in [0.2, 0.25) is 0 Å². The van der Waals surface area contributed by atoms with E-state index in [9.17, 15) is 8.78 Å². The number of likely N-dealkylation sites (tertiary alicyclic amines) is 1. The molecule has 3 aromatic carbocycles. The third-order valence-electron chi connectivity index (χ3n) is 7.89. The van der Waals surface area contributed by atoms with Crippen LogP contribution in [0.25, 0.3) is 27.3 Å². The second-order valence-corrected chi connectivity index (χ2v) is 12.0. The third-order valence-corrected chi connectivity index (χ3v) is 9.15. The Morgan fingerprint density at radius 1 is 1.00 bits per heavy atom. The fourth-order valence-corrected chi connectivity index (χ4v) is 6.96. The SMILES string of the molecule is C=C(CC)c1ccc2c(Cc3ccc(C=C4CN(CCCF)C4)cc3)c(C(=C)c3c(C)cc(F)cc3C)sc2c1. The highest BCUT2D eigenvalue weighted by molar-refractivity contribution is 7.20. The molecule has 40 heavy (non-hydrogen) atoms. The average molecular weight is 554 g/mol. The number of halogens is 2. The molecule has 0 amide bonds. The number of benzene rings is 3. The van der Waals surface area contributed by atoms with E-state index in [1.165, 1.54) is 37.9 Å². The van der Waals surface area contributed by atoms with Gasteiger partial charge < -0.3 is 0 Å². The molecule has 1 aromatic heterocycles. The molecule has 0 saturated carbocycles. The molecule has 2 heterocycles. The molecule has 1 aliphatic heterocycles. The molecular weight excluding hydrogens is 516 g/mol. The number of rotatable bonds is 10. The Balaban J connectivity index is 1.47. The first kappa shape index (κ1) is 28.2. The number of thiophene rings is 1. The van der Waals surface area contributed by atoms with Gasteiger partial charge >= 0.3 is 0 Å². The molecule has 4 aromatic rings. The number of fused-ring (bicyclic) bond motifs is 1. The quantitative estimate of drug-likeness (QED) is 0.189. The smallest absolute Gasteiger partial charge is 0.123 e. The average Bonchev–Trinajstić information content (AvgIpc) is 3.27. The lowest BCUT2D eigenvalue weighted by Crippen LogP contribution is -2.40. The van der Waals surface area contributed by atoms with E-state index in [2.05, 4.69) is 73.5 Å². The van der Waals surface area contributed by atoms with Crippen molar-refractivity contribution in [3.05, 3.63) is 123 Å². The lowest BCUT2D eigenvalue weighted by Gasteiger charge is -2.33. The molecule has 1 nitrogen and oxygen atoms in total. The predicted molar refractivity (Wildman–Crippen MR) is 169 cm³/mol. The van der Waals surface area contributed by atoms with Crippen LogP contribution in [-0.4, -0.2) is 31.2 Å². The summed E-state index contributed by atoms with van der Waals surface area (Å²) in [6.45, 7) is 17.3.